The van der Waals surface area contributed by atoms with Crippen molar-refractivity contribution < 1.29 is 9.90 Å². The lowest BCUT2D eigenvalue weighted by Gasteiger charge is -2.09. The molecule has 0 bridgehead atoms. The van der Waals surface area contributed by atoms with Crippen LogP contribution in [0.5, 0.6) is 0 Å². The van der Waals surface area contributed by atoms with Gasteiger partial charge in [0.1, 0.15) is 6.04 Å². The molecule has 0 aromatic carbocycles. The first-order valence-corrected chi connectivity index (χ1v) is 5.54. The van der Waals surface area contributed by atoms with Crippen LogP contribution in [-0.2, 0) is 11.3 Å². The van der Waals surface area contributed by atoms with E-state index < -0.39 is 12.0 Å². The Balaban J connectivity index is 2.49. The van der Waals surface area contributed by atoms with Gasteiger partial charge in [-0.3, -0.25) is 14.8 Å². The first kappa shape index (κ1) is 12.7. The van der Waals surface area contributed by atoms with Crippen molar-refractivity contribution in [3.63, 3.8) is 0 Å². The second-order valence-corrected chi connectivity index (χ2v) is 3.99. The van der Waals surface area contributed by atoms with Crippen LogP contribution in [0.4, 0.5) is 0 Å². The molecule has 1 heterocycles. The average Bonchev–Trinajstić information content (AvgIpc) is 2.73. The predicted octanol–water partition coefficient (Wildman–Crippen LogP) is 1.42. The Morgan fingerprint density at radius 1 is 1.62 bits per heavy atom. The van der Waals surface area contributed by atoms with E-state index in [9.17, 15) is 4.79 Å². The normalized spacial score (nSPS) is 14.7. The number of aromatic nitrogens is 2. The average molecular weight is 225 g/mol. The molecule has 5 nitrogen and oxygen atoms in total. The molecule has 2 atom stereocenters. The molecule has 1 rings (SSSR count). The second-order valence-electron chi connectivity index (χ2n) is 3.99. The summed E-state index contributed by atoms with van der Waals surface area (Å²) in [5.41, 5.74) is 0.869. The molecule has 0 aliphatic heterocycles. The number of carboxylic acids is 1. The highest BCUT2D eigenvalue weighted by molar-refractivity contribution is 5.72. The summed E-state index contributed by atoms with van der Waals surface area (Å²) in [7, 11) is 0. The van der Waals surface area contributed by atoms with E-state index in [1.807, 2.05) is 16.9 Å². The molecule has 0 spiro atoms. The maximum atomic E-state index is 10.6. The minimum atomic E-state index is -0.846. The van der Waals surface area contributed by atoms with Gasteiger partial charge in [0.15, 0.2) is 0 Å². The van der Waals surface area contributed by atoms with Crippen LogP contribution in [0.3, 0.4) is 0 Å². The topological polar surface area (TPSA) is 67.2 Å². The Kier molecular flexibility index (Phi) is 4.49. The van der Waals surface area contributed by atoms with E-state index in [1.165, 1.54) is 0 Å². The van der Waals surface area contributed by atoms with Crippen LogP contribution in [0.1, 0.15) is 38.9 Å². The van der Waals surface area contributed by atoms with E-state index in [0.717, 1.165) is 12.1 Å². The van der Waals surface area contributed by atoms with Gasteiger partial charge in [0.05, 0.1) is 5.69 Å². The molecule has 5 heteroatoms. The minimum absolute atomic E-state index is 0.380. The lowest BCUT2D eigenvalue weighted by molar-refractivity contribution is -0.139. The molecule has 16 heavy (non-hydrogen) atoms. The van der Waals surface area contributed by atoms with Crippen LogP contribution in [0, 0.1) is 0 Å². The first-order valence-electron chi connectivity index (χ1n) is 5.54. The lowest BCUT2D eigenvalue weighted by Crippen LogP contribution is -2.33. The van der Waals surface area contributed by atoms with E-state index in [2.05, 4.69) is 24.3 Å². The largest absolute Gasteiger partial charge is 0.480 e. The van der Waals surface area contributed by atoms with Crippen molar-refractivity contribution in [2.24, 2.45) is 0 Å². The van der Waals surface area contributed by atoms with E-state index in [4.69, 9.17) is 5.11 Å². The van der Waals surface area contributed by atoms with Gasteiger partial charge in [0, 0.05) is 18.8 Å². The van der Waals surface area contributed by atoms with Crippen molar-refractivity contribution >= 4 is 5.97 Å². The molecule has 0 fully saturated rings. The molecule has 0 radical (unpaired) electrons. The van der Waals surface area contributed by atoms with Crippen LogP contribution in [0.15, 0.2) is 12.3 Å². The zero-order valence-corrected chi connectivity index (χ0v) is 9.97. The van der Waals surface area contributed by atoms with Crippen molar-refractivity contribution in [2.75, 3.05) is 0 Å². The predicted molar refractivity (Wildman–Crippen MR) is 61.2 cm³/mol. The third kappa shape index (κ3) is 3.34. The maximum absolute atomic E-state index is 10.6. The van der Waals surface area contributed by atoms with Crippen LogP contribution in [-0.4, -0.2) is 26.9 Å². The van der Waals surface area contributed by atoms with Gasteiger partial charge < -0.3 is 5.11 Å². The summed E-state index contributed by atoms with van der Waals surface area (Å²) >= 11 is 0. The number of nitrogens with zero attached hydrogens (tertiary/aromatic N) is 2. The van der Waals surface area contributed by atoms with Gasteiger partial charge in [-0.05, 0) is 26.3 Å². The van der Waals surface area contributed by atoms with Gasteiger partial charge >= 0.3 is 5.97 Å². The summed E-state index contributed by atoms with van der Waals surface area (Å²) in [4.78, 5) is 10.6. The molecule has 1 aromatic heterocycles. The number of carbonyl (C=O) groups is 1. The van der Waals surface area contributed by atoms with Crippen molar-refractivity contribution in [1.29, 1.82) is 0 Å². The number of hydrogen-bond acceptors (Lipinski definition) is 3. The number of aliphatic carboxylic acids is 1. The van der Waals surface area contributed by atoms with Crippen molar-refractivity contribution in [3.8, 4) is 0 Å². The molecule has 1 aromatic rings. The molecule has 0 amide bonds. The van der Waals surface area contributed by atoms with E-state index in [0.29, 0.717) is 12.6 Å². The summed E-state index contributed by atoms with van der Waals surface area (Å²) in [6.45, 7) is 6.31. The fourth-order valence-corrected chi connectivity index (χ4v) is 1.25. The van der Waals surface area contributed by atoms with Crippen molar-refractivity contribution in [1.82, 2.24) is 15.1 Å². The molecular weight excluding hydrogens is 206 g/mol. The highest BCUT2D eigenvalue weighted by Crippen LogP contribution is 2.08. The zero-order chi connectivity index (χ0) is 12.1. The summed E-state index contributed by atoms with van der Waals surface area (Å²) in [6.07, 6.45) is 2.96. The van der Waals surface area contributed by atoms with Gasteiger partial charge in [-0.2, -0.15) is 5.10 Å². The summed E-state index contributed by atoms with van der Waals surface area (Å²) < 4.78 is 1.91. The molecule has 0 aliphatic carbocycles. The highest BCUT2D eigenvalue weighted by atomic mass is 16.4. The number of rotatable bonds is 6. The minimum Gasteiger partial charge on any atom is -0.480 e. The fraction of sp³-hybridized carbons (Fsp3) is 0.636. The molecular formula is C11H19N3O2. The van der Waals surface area contributed by atoms with Gasteiger partial charge in [-0.15, -0.1) is 0 Å². The maximum Gasteiger partial charge on any atom is 0.320 e. The molecule has 90 valence electrons. The first-order chi connectivity index (χ1) is 7.54. The van der Waals surface area contributed by atoms with Crippen LogP contribution in [0.25, 0.3) is 0 Å². The smallest absolute Gasteiger partial charge is 0.320 e. The molecule has 2 unspecified atom stereocenters. The fourth-order valence-electron chi connectivity index (χ4n) is 1.25. The van der Waals surface area contributed by atoms with Gasteiger partial charge in [-0.25, -0.2) is 0 Å². The standard InChI is InChI=1S/C11H19N3O2/c1-4-8(2)14-6-5-10(13-14)7-12-9(3)11(15)16/h5-6,8-9,12H,4,7H2,1-3H3,(H,15,16). The second kappa shape index (κ2) is 5.65. The van der Waals surface area contributed by atoms with Gasteiger partial charge in [0.25, 0.3) is 0 Å². The Morgan fingerprint density at radius 3 is 2.88 bits per heavy atom. The summed E-state index contributed by atoms with van der Waals surface area (Å²) in [6, 6.07) is 1.74. The molecule has 0 saturated carbocycles. The Labute approximate surface area is 95.5 Å². The van der Waals surface area contributed by atoms with Crippen molar-refractivity contribution in [2.45, 2.75) is 45.8 Å². The Morgan fingerprint density at radius 2 is 2.31 bits per heavy atom. The van der Waals surface area contributed by atoms with Gasteiger partial charge in [0.2, 0.25) is 0 Å². The van der Waals surface area contributed by atoms with E-state index in [-0.39, 0.29) is 0 Å². The third-order valence-electron chi connectivity index (χ3n) is 2.67. The molecule has 0 aliphatic rings. The third-order valence-corrected chi connectivity index (χ3v) is 2.67. The summed E-state index contributed by atoms with van der Waals surface area (Å²) in [5, 5.41) is 16.0. The van der Waals surface area contributed by atoms with E-state index >= 15 is 0 Å². The Hall–Kier alpha value is -1.36. The lowest BCUT2D eigenvalue weighted by atomic mass is 10.3. The van der Waals surface area contributed by atoms with Crippen molar-refractivity contribution in [3.05, 3.63) is 18.0 Å². The SMILES string of the molecule is CCC(C)n1ccc(CNC(C)C(=O)O)n1. The quantitative estimate of drug-likeness (QED) is 0.768. The Bertz CT molecular complexity index is 349. The molecule has 0 saturated heterocycles. The van der Waals surface area contributed by atoms with Crippen LogP contribution in [0.2, 0.25) is 0 Å². The van der Waals surface area contributed by atoms with Gasteiger partial charge in [-0.1, -0.05) is 6.92 Å². The highest BCUT2D eigenvalue weighted by Gasteiger charge is 2.10. The van der Waals surface area contributed by atoms with Crippen LogP contribution < -0.4 is 5.32 Å². The number of hydrogen-bond donors (Lipinski definition) is 2. The van der Waals surface area contributed by atoms with Crippen LogP contribution >= 0.6 is 0 Å². The zero-order valence-electron chi connectivity index (χ0n) is 9.97. The van der Waals surface area contributed by atoms with E-state index in [1.54, 1.807) is 6.92 Å². The number of nitrogens with one attached hydrogen (secondary N) is 1. The monoisotopic (exact) mass is 225 g/mol. The summed E-state index contributed by atoms with van der Waals surface area (Å²) in [5.74, 6) is -0.846. The number of carboxylic acid groups (broad SMARTS) is 1. The molecule has 2 N–H and O–H groups in total.